The van der Waals surface area contributed by atoms with Gasteiger partial charge < -0.3 is 4.74 Å². The van der Waals surface area contributed by atoms with Crippen LogP contribution >= 0.6 is 35.0 Å². The van der Waals surface area contributed by atoms with E-state index in [0.29, 0.717) is 33.3 Å². The van der Waals surface area contributed by atoms with E-state index in [0.717, 1.165) is 22.6 Å². The fraction of sp³-hybridized carbons (Fsp3) is 0.154. The summed E-state index contributed by atoms with van der Waals surface area (Å²) in [6.07, 6.45) is 0. The summed E-state index contributed by atoms with van der Waals surface area (Å²) in [5, 5.41) is 14.8. The summed E-state index contributed by atoms with van der Waals surface area (Å²) >= 11 is 13.3. The highest BCUT2D eigenvalue weighted by molar-refractivity contribution is 7.99. The van der Waals surface area contributed by atoms with E-state index in [1.807, 2.05) is 66.9 Å². The van der Waals surface area contributed by atoms with Crippen molar-refractivity contribution in [1.29, 1.82) is 0 Å². The lowest BCUT2D eigenvalue weighted by Crippen LogP contribution is -2.21. The summed E-state index contributed by atoms with van der Waals surface area (Å²) in [5.41, 5.74) is 5.83. The highest BCUT2D eigenvalue weighted by atomic mass is 35.5. The van der Waals surface area contributed by atoms with E-state index in [9.17, 15) is 4.79 Å². The first kappa shape index (κ1) is 25.8. The topological polar surface area (TPSA) is 81.4 Å². The zero-order valence-corrected chi connectivity index (χ0v) is 21.9. The Kier molecular flexibility index (Phi) is 8.64. The van der Waals surface area contributed by atoms with E-state index in [-0.39, 0.29) is 11.7 Å². The SMILES string of the molecule is CCOc1ccc(-n2c(SCC(=O)N/N=C(/C)c3ccc(Cl)cc3)nnc2-c2ccc(Cl)cc2)cc1. The molecule has 184 valence electrons. The largest absolute Gasteiger partial charge is 0.494 e. The molecule has 0 atom stereocenters. The van der Waals surface area contributed by atoms with E-state index in [2.05, 4.69) is 20.7 Å². The molecular formula is C26H23Cl2N5O2S. The van der Waals surface area contributed by atoms with Gasteiger partial charge in [0.15, 0.2) is 11.0 Å². The standard InChI is InChI=1S/C26H23Cl2N5O2S/c1-3-35-23-14-12-22(13-15-23)33-25(19-6-10-21(28)11-7-19)31-32-26(33)36-16-24(34)30-29-17(2)18-4-8-20(27)9-5-18/h4-15H,3,16H2,1-2H3,(H,30,34)/b29-17-. The Bertz CT molecular complexity index is 1350. The van der Waals surface area contributed by atoms with Crippen LogP contribution in [0.15, 0.2) is 83.1 Å². The number of hydrogen-bond acceptors (Lipinski definition) is 6. The van der Waals surface area contributed by atoms with E-state index in [1.165, 1.54) is 11.8 Å². The molecule has 0 aliphatic rings. The lowest BCUT2D eigenvalue weighted by Gasteiger charge is -2.11. The van der Waals surface area contributed by atoms with E-state index < -0.39 is 0 Å². The molecule has 4 aromatic rings. The van der Waals surface area contributed by atoms with E-state index in [4.69, 9.17) is 27.9 Å². The number of hydrazone groups is 1. The number of hydrogen-bond donors (Lipinski definition) is 1. The molecule has 0 bridgehead atoms. The maximum Gasteiger partial charge on any atom is 0.250 e. The monoisotopic (exact) mass is 539 g/mol. The predicted molar refractivity (Wildman–Crippen MR) is 146 cm³/mol. The van der Waals surface area contributed by atoms with E-state index >= 15 is 0 Å². The van der Waals surface area contributed by atoms with Crippen molar-refractivity contribution < 1.29 is 9.53 Å². The van der Waals surface area contributed by atoms with Gasteiger partial charge in [-0.3, -0.25) is 9.36 Å². The minimum atomic E-state index is -0.261. The molecule has 1 N–H and O–H groups in total. The van der Waals surface area contributed by atoms with Crippen molar-refractivity contribution in [2.45, 2.75) is 19.0 Å². The number of nitrogens with zero attached hydrogens (tertiary/aromatic N) is 4. The highest BCUT2D eigenvalue weighted by Crippen LogP contribution is 2.29. The number of carbonyl (C=O) groups is 1. The summed E-state index contributed by atoms with van der Waals surface area (Å²) in [7, 11) is 0. The molecule has 10 heteroatoms. The van der Waals surface area contributed by atoms with E-state index in [1.54, 1.807) is 24.3 Å². The van der Waals surface area contributed by atoms with Crippen LogP contribution in [0.1, 0.15) is 19.4 Å². The summed E-state index contributed by atoms with van der Waals surface area (Å²) in [5.74, 6) is 1.25. The van der Waals surface area contributed by atoms with Crippen LogP contribution in [-0.4, -0.2) is 38.7 Å². The molecule has 0 unspecified atom stereocenters. The molecule has 36 heavy (non-hydrogen) atoms. The number of aromatic nitrogens is 3. The first-order valence-corrected chi connectivity index (χ1v) is 12.8. The zero-order chi connectivity index (χ0) is 25.5. The van der Waals surface area contributed by atoms with Crippen LogP contribution in [0.25, 0.3) is 17.1 Å². The number of nitrogens with one attached hydrogen (secondary N) is 1. The van der Waals surface area contributed by atoms with Gasteiger partial charge in [0.1, 0.15) is 5.75 Å². The Morgan fingerprint density at radius 3 is 2.25 bits per heavy atom. The average Bonchev–Trinajstić information content (AvgIpc) is 3.31. The van der Waals surface area contributed by atoms with Crippen molar-refractivity contribution in [2.24, 2.45) is 5.10 Å². The first-order valence-electron chi connectivity index (χ1n) is 11.1. The molecule has 1 amide bonds. The van der Waals surface area contributed by atoms with Gasteiger partial charge in [-0.2, -0.15) is 5.10 Å². The molecule has 4 rings (SSSR count). The third-order valence-electron chi connectivity index (χ3n) is 5.08. The van der Waals surface area contributed by atoms with Crippen molar-refractivity contribution in [3.8, 4) is 22.8 Å². The second kappa shape index (κ2) is 12.1. The molecule has 1 heterocycles. The maximum atomic E-state index is 12.5. The van der Waals surface area contributed by atoms with Crippen LogP contribution < -0.4 is 10.2 Å². The van der Waals surface area contributed by atoms with Crippen LogP contribution in [0.4, 0.5) is 0 Å². The normalized spacial score (nSPS) is 11.4. The summed E-state index contributed by atoms with van der Waals surface area (Å²) < 4.78 is 7.47. The second-order valence-electron chi connectivity index (χ2n) is 7.60. The van der Waals surface area contributed by atoms with Crippen LogP contribution in [0, 0.1) is 0 Å². The maximum absolute atomic E-state index is 12.5. The third kappa shape index (κ3) is 6.46. The molecular weight excluding hydrogens is 517 g/mol. The average molecular weight is 540 g/mol. The van der Waals surface area contributed by atoms with Gasteiger partial charge in [0, 0.05) is 21.3 Å². The molecule has 0 aliphatic carbocycles. The second-order valence-corrected chi connectivity index (χ2v) is 9.42. The van der Waals surface area contributed by atoms with Gasteiger partial charge in [-0.15, -0.1) is 10.2 Å². The summed E-state index contributed by atoms with van der Waals surface area (Å²) in [6.45, 7) is 4.34. The van der Waals surface area contributed by atoms with Gasteiger partial charge in [-0.05, 0) is 80.1 Å². The minimum absolute atomic E-state index is 0.104. The Labute approximate surface area is 223 Å². The fourth-order valence-corrected chi connectivity index (χ4v) is 4.30. The van der Waals surface area contributed by atoms with Crippen molar-refractivity contribution in [3.05, 3.63) is 88.4 Å². The Morgan fingerprint density at radius 1 is 0.972 bits per heavy atom. The Morgan fingerprint density at radius 2 is 1.61 bits per heavy atom. The summed E-state index contributed by atoms with van der Waals surface area (Å²) in [6, 6.07) is 22.2. The molecule has 7 nitrogen and oxygen atoms in total. The Hall–Kier alpha value is -3.33. The molecule has 0 spiro atoms. The first-order chi connectivity index (χ1) is 17.4. The molecule has 0 radical (unpaired) electrons. The van der Waals surface area contributed by atoms with Gasteiger partial charge in [-0.1, -0.05) is 47.1 Å². The molecule has 0 saturated heterocycles. The van der Waals surface area contributed by atoms with Gasteiger partial charge in [0.2, 0.25) is 0 Å². The fourth-order valence-electron chi connectivity index (χ4n) is 3.30. The zero-order valence-electron chi connectivity index (χ0n) is 19.6. The van der Waals surface area contributed by atoms with Crippen molar-refractivity contribution in [2.75, 3.05) is 12.4 Å². The number of rotatable bonds is 9. The number of amides is 1. The summed E-state index contributed by atoms with van der Waals surface area (Å²) in [4.78, 5) is 12.5. The van der Waals surface area contributed by atoms with Crippen LogP contribution in [0.2, 0.25) is 10.0 Å². The van der Waals surface area contributed by atoms with Gasteiger partial charge in [0.25, 0.3) is 5.91 Å². The van der Waals surface area contributed by atoms with Crippen LogP contribution in [0.5, 0.6) is 5.75 Å². The highest BCUT2D eigenvalue weighted by Gasteiger charge is 2.17. The quantitative estimate of drug-likeness (QED) is 0.154. The smallest absolute Gasteiger partial charge is 0.250 e. The number of ether oxygens (including phenoxy) is 1. The Balaban J connectivity index is 1.53. The number of carbonyl (C=O) groups excluding carboxylic acids is 1. The lowest BCUT2D eigenvalue weighted by atomic mass is 10.1. The van der Waals surface area contributed by atoms with Crippen molar-refractivity contribution >= 4 is 46.6 Å². The van der Waals surface area contributed by atoms with Gasteiger partial charge in [-0.25, -0.2) is 5.43 Å². The van der Waals surface area contributed by atoms with Crippen molar-refractivity contribution in [1.82, 2.24) is 20.2 Å². The number of benzene rings is 3. The molecule has 0 aliphatic heterocycles. The van der Waals surface area contributed by atoms with Crippen LogP contribution in [0.3, 0.4) is 0 Å². The molecule has 1 aromatic heterocycles. The minimum Gasteiger partial charge on any atom is -0.494 e. The lowest BCUT2D eigenvalue weighted by molar-refractivity contribution is -0.118. The van der Waals surface area contributed by atoms with Crippen LogP contribution in [-0.2, 0) is 4.79 Å². The number of thioether (sulfide) groups is 1. The van der Waals surface area contributed by atoms with Crippen molar-refractivity contribution in [3.63, 3.8) is 0 Å². The van der Waals surface area contributed by atoms with Gasteiger partial charge >= 0.3 is 0 Å². The third-order valence-corrected chi connectivity index (χ3v) is 6.52. The molecule has 0 fully saturated rings. The molecule has 0 saturated carbocycles. The van der Waals surface area contributed by atoms with Gasteiger partial charge in [0.05, 0.1) is 18.1 Å². The predicted octanol–water partition coefficient (Wildman–Crippen LogP) is 6.27. The number of halogens is 2. The molecule has 3 aromatic carbocycles.